The van der Waals surface area contributed by atoms with Crippen LogP contribution in [0.25, 0.3) is 6.08 Å². The van der Waals surface area contributed by atoms with E-state index in [4.69, 9.17) is 0 Å². The standard InChI is InChI=1S/C24H26N6O2/c1-3-16-9-19-20(28-21(16)14-31)8-15(11-26-19)13-29-6-7-30(23-10-22(23)29)17-4-5-18(27-12-17)24(32)25-2/h4-5,8-9,11-12,22-23,28H,3,6-7,10,13H2,1-2H3,(H,25,32)/t22-,23+/m1/s1. The number of pyridine rings is 2. The van der Waals surface area contributed by atoms with Gasteiger partial charge in [0.05, 0.1) is 23.3 Å². The van der Waals surface area contributed by atoms with Gasteiger partial charge in [0, 0.05) is 45.0 Å². The van der Waals surface area contributed by atoms with Crippen molar-refractivity contribution in [2.75, 3.05) is 30.4 Å². The van der Waals surface area contributed by atoms with Crippen LogP contribution in [-0.4, -0.2) is 58.9 Å². The Morgan fingerprint density at radius 2 is 2.12 bits per heavy atom. The van der Waals surface area contributed by atoms with E-state index in [1.165, 1.54) is 0 Å². The third-order valence-electron chi connectivity index (χ3n) is 6.50. The number of anilines is 2. The molecule has 8 nitrogen and oxygen atoms in total. The van der Waals surface area contributed by atoms with Crippen molar-refractivity contribution in [1.82, 2.24) is 20.2 Å². The van der Waals surface area contributed by atoms with Crippen LogP contribution in [-0.2, 0) is 11.3 Å². The van der Waals surface area contributed by atoms with Crippen LogP contribution in [0.1, 0.15) is 41.5 Å². The molecule has 2 aliphatic heterocycles. The average molecular weight is 431 g/mol. The number of allylic oxidation sites excluding steroid dienone is 1. The van der Waals surface area contributed by atoms with Crippen LogP contribution in [0.4, 0.5) is 11.4 Å². The molecule has 1 saturated carbocycles. The fourth-order valence-corrected chi connectivity index (χ4v) is 4.68. The van der Waals surface area contributed by atoms with Gasteiger partial charge in [0.2, 0.25) is 0 Å². The van der Waals surface area contributed by atoms with E-state index < -0.39 is 0 Å². The Labute approximate surface area is 187 Å². The Hall–Kier alpha value is -3.48. The molecule has 2 fully saturated rings. The quantitative estimate of drug-likeness (QED) is 0.703. The van der Waals surface area contributed by atoms with Crippen molar-refractivity contribution >= 4 is 29.3 Å². The second-order valence-electron chi connectivity index (χ2n) is 8.42. The first-order valence-corrected chi connectivity index (χ1v) is 11.0. The molecule has 0 radical (unpaired) electrons. The number of fused-ring (bicyclic) bond motifs is 2. The monoisotopic (exact) mass is 430 g/mol. The molecule has 4 heterocycles. The van der Waals surface area contributed by atoms with Crippen molar-refractivity contribution in [3.05, 3.63) is 58.8 Å². The number of hydrogen-bond donors (Lipinski definition) is 2. The lowest BCUT2D eigenvalue weighted by atomic mass is 10.0. The molecule has 0 aromatic carbocycles. The summed E-state index contributed by atoms with van der Waals surface area (Å²) in [6, 6.07) is 6.83. The number of carbonyl (C=O) groups excluding carboxylic acids is 2. The van der Waals surface area contributed by atoms with Gasteiger partial charge in [0.1, 0.15) is 11.4 Å². The Bertz CT molecular complexity index is 1140. The maximum Gasteiger partial charge on any atom is 0.269 e. The van der Waals surface area contributed by atoms with Crippen molar-refractivity contribution in [3.63, 3.8) is 0 Å². The Balaban J connectivity index is 1.26. The molecule has 0 bridgehead atoms. The highest BCUT2D eigenvalue weighted by molar-refractivity contribution is 5.92. The van der Waals surface area contributed by atoms with Gasteiger partial charge in [-0.1, -0.05) is 6.92 Å². The van der Waals surface area contributed by atoms with Gasteiger partial charge in [0.25, 0.3) is 5.91 Å². The third-order valence-corrected chi connectivity index (χ3v) is 6.50. The van der Waals surface area contributed by atoms with Crippen LogP contribution >= 0.6 is 0 Å². The van der Waals surface area contributed by atoms with Crippen LogP contribution in [0, 0.1) is 0 Å². The number of aromatic nitrogens is 2. The van der Waals surface area contributed by atoms with E-state index >= 15 is 0 Å². The SMILES string of the molecule is CCC1=Cc2ncc(CN3CCN(c4ccc(C(=O)NC)nc4)[C@H]4C[C@H]43)cc2NC1=C=O. The van der Waals surface area contributed by atoms with E-state index in [0.29, 0.717) is 23.5 Å². The summed E-state index contributed by atoms with van der Waals surface area (Å²) in [5.41, 5.74) is 5.80. The smallest absolute Gasteiger partial charge is 0.269 e. The average Bonchev–Trinajstić information content (AvgIpc) is 3.64. The van der Waals surface area contributed by atoms with Gasteiger partial charge in [-0.15, -0.1) is 0 Å². The van der Waals surface area contributed by atoms with E-state index in [2.05, 4.69) is 36.5 Å². The molecule has 32 heavy (non-hydrogen) atoms. The minimum absolute atomic E-state index is 0.170. The molecule has 2 N–H and O–H groups in total. The van der Waals surface area contributed by atoms with Gasteiger partial charge in [-0.3, -0.25) is 14.7 Å². The summed E-state index contributed by atoms with van der Waals surface area (Å²) in [6.45, 7) is 4.71. The summed E-state index contributed by atoms with van der Waals surface area (Å²) in [5, 5.41) is 5.79. The zero-order valence-corrected chi connectivity index (χ0v) is 18.3. The number of nitrogens with zero attached hydrogens (tertiary/aromatic N) is 4. The summed E-state index contributed by atoms with van der Waals surface area (Å²) < 4.78 is 0. The van der Waals surface area contributed by atoms with E-state index in [-0.39, 0.29) is 5.91 Å². The summed E-state index contributed by atoms with van der Waals surface area (Å²) >= 11 is 0. The molecule has 164 valence electrons. The van der Waals surface area contributed by atoms with E-state index in [1.807, 2.05) is 31.2 Å². The molecule has 3 aliphatic rings. The number of carbonyl (C=O) groups is 1. The minimum atomic E-state index is -0.170. The molecular weight excluding hydrogens is 404 g/mol. The molecule has 1 amide bonds. The molecule has 2 aromatic heterocycles. The summed E-state index contributed by atoms with van der Waals surface area (Å²) in [7, 11) is 1.61. The van der Waals surface area contributed by atoms with Crippen molar-refractivity contribution < 1.29 is 9.59 Å². The summed E-state index contributed by atoms with van der Waals surface area (Å²) in [6.07, 6.45) is 7.58. The molecule has 2 atom stereocenters. The lowest BCUT2D eigenvalue weighted by Gasteiger charge is -2.35. The van der Waals surface area contributed by atoms with Gasteiger partial charge in [-0.05, 0) is 48.3 Å². The minimum Gasteiger partial charge on any atom is -0.364 e. The lowest BCUT2D eigenvalue weighted by molar-refractivity contribution is 0.0958. The molecule has 5 rings (SSSR count). The number of hydrogen-bond acceptors (Lipinski definition) is 7. The maximum absolute atomic E-state index is 11.7. The van der Waals surface area contributed by atoms with Crippen molar-refractivity contribution in [2.24, 2.45) is 0 Å². The second-order valence-corrected chi connectivity index (χ2v) is 8.42. The number of amides is 1. The first kappa shape index (κ1) is 20.4. The first-order chi connectivity index (χ1) is 15.6. The van der Waals surface area contributed by atoms with Crippen LogP contribution in [0.2, 0.25) is 0 Å². The first-order valence-electron chi connectivity index (χ1n) is 11.0. The van der Waals surface area contributed by atoms with E-state index in [9.17, 15) is 9.59 Å². The number of piperazine rings is 1. The highest BCUT2D eigenvalue weighted by Crippen LogP contribution is 2.40. The van der Waals surface area contributed by atoms with Crippen molar-refractivity contribution in [2.45, 2.75) is 38.4 Å². The van der Waals surface area contributed by atoms with Crippen LogP contribution in [0.3, 0.4) is 0 Å². The Morgan fingerprint density at radius 1 is 1.25 bits per heavy atom. The van der Waals surface area contributed by atoms with E-state index in [0.717, 1.165) is 60.7 Å². The highest BCUT2D eigenvalue weighted by atomic mass is 16.1. The molecule has 0 spiro atoms. The van der Waals surface area contributed by atoms with Crippen LogP contribution in [0.5, 0.6) is 0 Å². The molecule has 2 aromatic rings. The molecule has 1 aliphatic carbocycles. The Kier molecular flexibility index (Phi) is 5.25. The van der Waals surface area contributed by atoms with Crippen molar-refractivity contribution in [3.8, 4) is 0 Å². The largest absolute Gasteiger partial charge is 0.364 e. The summed E-state index contributed by atoms with van der Waals surface area (Å²) in [4.78, 5) is 36.8. The zero-order chi connectivity index (χ0) is 22.2. The summed E-state index contributed by atoms with van der Waals surface area (Å²) in [5.74, 6) is 1.84. The van der Waals surface area contributed by atoms with E-state index in [1.54, 1.807) is 19.3 Å². The predicted octanol–water partition coefficient (Wildman–Crippen LogP) is 2.23. The highest BCUT2D eigenvalue weighted by Gasteiger charge is 2.48. The predicted molar refractivity (Wildman–Crippen MR) is 123 cm³/mol. The van der Waals surface area contributed by atoms with Gasteiger partial charge in [-0.2, -0.15) is 0 Å². The lowest BCUT2D eigenvalue weighted by Crippen LogP contribution is -2.46. The number of rotatable bonds is 5. The molecule has 0 unspecified atom stereocenters. The van der Waals surface area contributed by atoms with Crippen molar-refractivity contribution in [1.29, 1.82) is 0 Å². The van der Waals surface area contributed by atoms with Gasteiger partial charge < -0.3 is 15.5 Å². The normalized spacial score (nSPS) is 21.6. The molecule has 8 heteroatoms. The second kappa shape index (κ2) is 8.22. The maximum atomic E-state index is 11.7. The molecule has 1 saturated heterocycles. The third kappa shape index (κ3) is 3.68. The van der Waals surface area contributed by atoms with Gasteiger partial charge in [-0.25, -0.2) is 9.78 Å². The van der Waals surface area contributed by atoms with Crippen LogP contribution in [0.15, 0.2) is 41.9 Å². The van der Waals surface area contributed by atoms with Gasteiger partial charge in [0.15, 0.2) is 5.94 Å². The Morgan fingerprint density at radius 3 is 2.84 bits per heavy atom. The zero-order valence-electron chi connectivity index (χ0n) is 18.3. The fraction of sp³-hybridized carbons (Fsp3) is 0.375. The topological polar surface area (TPSA) is 90.5 Å². The fourth-order valence-electron chi connectivity index (χ4n) is 4.68. The van der Waals surface area contributed by atoms with Crippen LogP contribution < -0.4 is 15.5 Å². The van der Waals surface area contributed by atoms with Gasteiger partial charge >= 0.3 is 0 Å². The number of nitrogens with one attached hydrogen (secondary N) is 2. The molecular formula is C24H26N6O2.